The second kappa shape index (κ2) is 7.27. The SMILES string of the molecule is CCN(C)c1cccc(NC(=O)/C=C/c2nc3ccccc3s2)c1. The second-order valence-corrected chi connectivity index (χ2v) is 6.47. The first-order valence-electron chi connectivity index (χ1n) is 7.81. The van der Waals surface area contributed by atoms with Crippen molar-refractivity contribution in [1.29, 1.82) is 0 Å². The number of aromatic nitrogens is 1. The van der Waals surface area contributed by atoms with E-state index in [4.69, 9.17) is 0 Å². The summed E-state index contributed by atoms with van der Waals surface area (Å²) in [5.74, 6) is -0.162. The maximum Gasteiger partial charge on any atom is 0.248 e. The fourth-order valence-electron chi connectivity index (χ4n) is 2.30. The summed E-state index contributed by atoms with van der Waals surface area (Å²) in [6, 6.07) is 15.8. The zero-order chi connectivity index (χ0) is 16.9. The van der Waals surface area contributed by atoms with Gasteiger partial charge in [0.1, 0.15) is 5.01 Å². The summed E-state index contributed by atoms with van der Waals surface area (Å²) in [6.07, 6.45) is 3.27. The average molecular weight is 337 g/mol. The Morgan fingerprint density at radius 1 is 1.25 bits per heavy atom. The Balaban J connectivity index is 1.69. The van der Waals surface area contributed by atoms with Crippen LogP contribution in [0.3, 0.4) is 0 Å². The van der Waals surface area contributed by atoms with Gasteiger partial charge in [0.25, 0.3) is 0 Å². The lowest BCUT2D eigenvalue weighted by atomic mass is 10.2. The molecule has 0 bridgehead atoms. The zero-order valence-electron chi connectivity index (χ0n) is 13.7. The van der Waals surface area contributed by atoms with Crippen LogP contribution in [0.5, 0.6) is 0 Å². The Morgan fingerprint density at radius 3 is 2.88 bits per heavy atom. The highest BCUT2D eigenvalue weighted by Gasteiger charge is 2.03. The van der Waals surface area contributed by atoms with Crippen molar-refractivity contribution in [1.82, 2.24) is 4.98 Å². The number of fused-ring (bicyclic) bond motifs is 1. The molecule has 0 radical (unpaired) electrons. The minimum Gasteiger partial charge on any atom is -0.375 e. The lowest BCUT2D eigenvalue weighted by Gasteiger charge is -2.17. The lowest BCUT2D eigenvalue weighted by Crippen LogP contribution is -2.16. The van der Waals surface area contributed by atoms with Crippen LogP contribution in [-0.4, -0.2) is 24.5 Å². The summed E-state index contributed by atoms with van der Waals surface area (Å²) >= 11 is 1.57. The van der Waals surface area contributed by atoms with Crippen molar-refractivity contribution in [3.05, 3.63) is 59.6 Å². The smallest absolute Gasteiger partial charge is 0.248 e. The maximum atomic E-state index is 12.1. The van der Waals surface area contributed by atoms with E-state index in [9.17, 15) is 4.79 Å². The standard InChI is InChI=1S/C19H19N3OS/c1-3-22(2)15-8-6-7-14(13-15)20-18(23)11-12-19-21-16-9-4-5-10-17(16)24-19/h4-13H,3H2,1-2H3,(H,20,23)/b12-11+. The molecule has 0 spiro atoms. The molecule has 0 saturated carbocycles. The average Bonchev–Trinajstić information content (AvgIpc) is 3.02. The normalized spacial score (nSPS) is 11.1. The molecule has 0 fully saturated rings. The van der Waals surface area contributed by atoms with Crippen molar-refractivity contribution in [2.24, 2.45) is 0 Å². The van der Waals surface area contributed by atoms with E-state index in [1.807, 2.05) is 55.6 Å². The third kappa shape index (κ3) is 3.81. The number of anilines is 2. The third-order valence-corrected chi connectivity index (χ3v) is 4.72. The predicted molar refractivity (Wildman–Crippen MR) is 103 cm³/mol. The minimum absolute atomic E-state index is 0.162. The molecule has 4 nitrogen and oxygen atoms in total. The summed E-state index contributed by atoms with van der Waals surface area (Å²) in [7, 11) is 2.02. The molecule has 3 aromatic rings. The highest BCUT2D eigenvalue weighted by Crippen LogP contribution is 2.22. The van der Waals surface area contributed by atoms with Crippen LogP contribution in [0.15, 0.2) is 54.6 Å². The molecule has 24 heavy (non-hydrogen) atoms. The first kappa shape index (κ1) is 16.2. The molecule has 0 aliphatic heterocycles. The maximum absolute atomic E-state index is 12.1. The van der Waals surface area contributed by atoms with E-state index in [1.54, 1.807) is 17.4 Å². The largest absolute Gasteiger partial charge is 0.375 e. The fraction of sp³-hybridized carbons (Fsp3) is 0.158. The summed E-state index contributed by atoms with van der Waals surface area (Å²) in [5, 5.41) is 3.71. The number of carbonyl (C=O) groups is 1. The number of thiazole rings is 1. The molecule has 5 heteroatoms. The van der Waals surface area contributed by atoms with Gasteiger partial charge < -0.3 is 10.2 Å². The molecule has 1 amide bonds. The fourth-order valence-corrected chi connectivity index (χ4v) is 3.17. The lowest BCUT2D eigenvalue weighted by molar-refractivity contribution is -0.111. The van der Waals surface area contributed by atoms with E-state index in [1.165, 1.54) is 6.08 Å². The van der Waals surface area contributed by atoms with Gasteiger partial charge in [-0.05, 0) is 43.3 Å². The number of benzene rings is 2. The minimum atomic E-state index is -0.162. The summed E-state index contributed by atoms with van der Waals surface area (Å²) in [4.78, 5) is 18.7. The molecule has 0 atom stereocenters. The molecular formula is C19H19N3OS. The van der Waals surface area contributed by atoms with E-state index < -0.39 is 0 Å². The first-order valence-corrected chi connectivity index (χ1v) is 8.63. The summed E-state index contributed by atoms with van der Waals surface area (Å²) in [6.45, 7) is 3.00. The highest BCUT2D eigenvalue weighted by molar-refractivity contribution is 7.19. The Kier molecular flexibility index (Phi) is 4.91. The first-order chi connectivity index (χ1) is 11.7. The molecule has 2 aromatic carbocycles. The van der Waals surface area contributed by atoms with Crippen LogP contribution in [0.4, 0.5) is 11.4 Å². The van der Waals surface area contributed by atoms with Crippen LogP contribution in [-0.2, 0) is 4.79 Å². The number of nitrogens with one attached hydrogen (secondary N) is 1. The van der Waals surface area contributed by atoms with Gasteiger partial charge in [0, 0.05) is 31.0 Å². The van der Waals surface area contributed by atoms with E-state index in [0.717, 1.165) is 33.1 Å². The Labute approximate surface area is 145 Å². The van der Waals surface area contributed by atoms with Crippen LogP contribution in [0, 0.1) is 0 Å². The van der Waals surface area contributed by atoms with Gasteiger partial charge in [-0.1, -0.05) is 18.2 Å². The molecule has 1 heterocycles. The predicted octanol–water partition coefficient (Wildman–Crippen LogP) is 4.40. The molecular weight excluding hydrogens is 318 g/mol. The van der Waals surface area contributed by atoms with Gasteiger partial charge in [-0.2, -0.15) is 0 Å². The van der Waals surface area contributed by atoms with Gasteiger partial charge in [0.2, 0.25) is 5.91 Å². The number of hydrogen-bond acceptors (Lipinski definition) is 4. The monoisotopic (exact) mass is 337 g/mol. The molecule has 1 N–H and O–H groups in total. The van der Waals surface area contributed by atoms with Crippen molar-refractivity contribution < 1.29 is 4.79 Å². The molecule has 0 aliphatic rings. The molecule has 1 aromatic heterocycles. The number of carbonyl (C=O) groups excluding carboxylic acids is 1. The van der Waals surface area contributed by atoms with Gasteiger partial charge in [0.05, 0.1) is 10.2 Å². The number of rotatable bonds is 5. The van der Waals surface area contributed by atoms with Crippen LogP contribution in [0.25, 0.3) is 16.3 Å². The van der Waals surface area contributed by atoms with Crippen LogP contribution < -0.4 is 10.2 Å². The molecule has 0 saturated heterocycles. The van der Waals surface area contributed by atoms with Gasteiger partial charge in [-0.3, -0.25) is 4.79 Å². The van der Waals surface area contributed by atoms with E-state index in [2.05, 4.69) is 22.1 Å². The number of para-hydroxylation sites is 1. The van der Waals surface area contributed by atoms with Crippen LogP contribution in [0.2, 0.25) is 0 Å². The van der Waals surface area contributed by atoms with Crippen molar-refractivity contribution in [3.63, 3.8) is 0 Å². The van der Waals surface area contributed by atoms with Crippen LogP contribution >= 0.6 is 11.3 Å². The number of hydrogen-bond donors (Lipinski definition) is 1. The Bertz CT molecular complexity index is 852. The van der Waals surface area contributed by atoms with Gasteiger partial charge >= 0.3 is 0 Å². The molecule has 3 rings (SSSR count). The second-order valence-electron chi connectivity index (χ2n) is 5.41. The van der Waals surface area contributed by atoms with E-state index in [0.29, 0.717) is 0 Å². The van der Waals surface area contributed by atoms with E-state index in [-0.39, 0.29) is 5.91 Å². The number of amides is 1. The van der Waals surface area contributed by atoms with Gasteiger partial charge in [-0.25, -0.2) is 4.98 Å². The van der Waals surface area contributed by atoms with Crippen molar-refractivity contribution in [3.8, 4) is 0 Å². The van der Waals surface area contributed by atoms with Gasteiger partial charge in [-0.15, -0.1) is 11.3 Å². The topological polar surface area (TPSA) is 45.2 Å². The molecule has 122 valence electrons. The molecule has 0 aliphatic carbocycles. The highest BCUT2D eigenvalue weighted by atomic mass is 32.1. The quantitative estimate of drug-likeness (QED) is 0.702. The summed E-state index contributed by atoms with van der Waals surface area (Å²) in [5.41, 5.74) is 2.81. The van der Waals surface area contributed by atoms with Crippen molar-refractivity contribution in [2.75, 3.05) is 23.8 Å². The third-order valence-electron chi connectivity index (χ3n) is 3.72. The van der Waals surface area contributed by atoms with Crippen LogP contribution in [0.1, 0.15) is 11.9 Å². The van der Waals surface area contributed by atoms with Gasteiger partial charge in [0.15, 0.2) is 0 Å². The zero-order valence-corrected chi connectivity index (χ0v) is 14.5. The van der Waals surface area contributed by atoms with E-state index >= 15 is 0 Å². The van der Waals surface area contributed by atoms with Crippen molar-refractivity contribution >= 4 is 44.9 Å². The van der Waals surface area contributed by atoms with Crippen molar-refractivity contribution in [2.45, 2.75) is 6.92 Å². The Hall–Kier alpha value is -2.66. The Morgan fingerprint density at radius 2 is 2.08 bits per heavy atom. The summed E-state index contributed by atoms with van der Waals surface area (Å²) < 4.78 is 1.12. The number of nitrogens with zero attached hydrogens (tertiary/aromatic N) is 2. The molecule has 0 unspecified atom stereocenters.